The van der Waals surface area contributed by atoms with Crippen molar-refractivity contribution in [2.24, 2.45) is 5.73 Å². The Morgan fingerprint density at radius 1 is 1.17 bits per heavy atom. The second-order valence-corrected chi connectivity index (χ2v) is 4.32. The average Bonchev–Trinajstić information content (AvgIpc) is 2.37. The second kappa shape index (κ2) is 5.56. The highest BCUT2D eigenvalue weighted by molar-refractivity contribution is 5.31. The maximum atomic E-state index is 9.36. The van der Waals surface area contributed by atoms with Gasteiger partial charge in [-0.15, -0.1) is 0 Å². The molecule has 3 heteroatoms. The molecule has 2 rings (SSSR count). The number of rotatable bonds is 4. The lowest BCUT2D eigenvalue weighted by atomic mass is 10.1. The first kappa shape index (κ1) is 12.5. The Labute approximate surface area is 107 Å². The molecule has 0 saturated carbocycles. The van der Waals surface area contributed by atoms with E-state index in [0.29, 0.717) is 6.61 Å². The summed E-state index contributed by atoms with van der Waals surface area (Å²) in [6.07, 6.45) is 0. The van der Waals surface area contributed by atoms with Crippen LogP contribution in [0.15, 0.2) is 48.5 Å². The van der Waals surface area contributed by atoms with Gasteiger partial charge in [-0.2, -0.15) is 0 Å². The van der Waals surface area contributed by atoms with Gasteiger partial charge in [-0.3, -0.25) is 0 Å². The molecule has 18 heavy (non-hydrogen) atoms. The van der Waals surface area contributed by atoms with Crippen molar-refractivity contribution in [3.8, 4) is 11.5 Å². The second-order valence-electron chi connectivity index (χ2n) is 4.32. The minimum Gasteiger partial charge on any atom is -0.508 e. The summed E-state index contributed by atoms with van der Waals surface area (Å²) in [5, 5.41) is 9.36. The van der Waals surface area contributed by atoms with Crippen molar-refractivity contribution in [2.45, 2.75) is 19.6 Å². The zero-order valence-corrected chi connectivity index (χ0v) is 10.3. The highest BCUT2D eigenvalue weighted by Gasteiger charge is 2.02. The van der Waals surface area contributed by atoms with Crippen LogP contribution in [0, 0.1) is 0 Å². The molecular formula is C15H17NO2. The van der Waals surface area contributed by atoms with Crippen LogP contribution in [0.1, 0.15) is 24.1 Å². The number of phenols is 1. The Balaban J connectivity index is 2.04. The molecule has 3 N–H and O–H groups in total. The van der Waals surface area contributed by atoms with Gasteiger partial charge < -0.3 is 15.6 Å². The smallest absolute Gasteiger partial charge is 0.120 e. The minimum atomic E-state index is -0.00526. The molecule has 0 aliphatic rings. The van der Waals surface area contributed by atoms with E-state index in [-0.39, 0.29) is 11.8 Å². The van der Waals surface area contributed by atoms with Crippen molar-refractivity contribution in [1.82, 2.24) is 0 Å². The Bertz CT molecular complexity index is 523. The fourth-order valence-corrected chi connectivity index (χ4v) is 1.70. The van der Waals surface area contributed by atoms with E-state index in [0.717, 1.165) is 16.9 Å². The van der Waals surface area contributed by atoms with Gasteiger partial charge in [0.2, 0.25) is 0 Å². The summed E-state index contributed by atoms with van der Waals surface area (Å²) in [7, 11) is 0. The summed E-state index contributed by atoms with van der Waals surface area (Å²) in [5.41, 5.74) is 7.80. The van der Waals surface area contributed by atoms with Crippen LogP contribution in [0.3, 0.4) is 0 Å². The number of phenolic OH excluding ortho intramolecular Hbond substituents is 1. The normalized spacial score (nSPS) is 12.1. The molecule has 3 nitrogen and oxygen atoms in total. The predicted octanol–water partition coefficient (Wildman–Crippen LogP) is 2.99. The zero-order chi connectivity index (χ0) is 13.0. The van der Waals surface area contributed by atoms with Gasteiger partial charge in [0.1, 0.15) is 18.1 Å². The van der Waals surface area contributed by atoms with E-state index >= 15 is 0 Å². The van der Waals surface area contributed by atoms with Crippen molar-refractivity contribution in [3.05, 3.63) is 59.7 Å². The van der Waals surface area contributed by atoms with Crippen LogP contribution in [0.2, 0.25) is 0 Å². The molecule has 0 spiro atoms. The summed E-state index contributed by atoms with van der Waals surface area (Å²) in [5.74, 6) is 1.04. The molecule has 0 aliphatic heterocycles. The summed E-state index contributed by atoms with van der Waals surface area (Å²) >= 11 is 0. The van der Waals surface area contributed by atoms with Crippen molar-refractivity contribution in [1.29, 1.82) is 0 Å². The Morgan fingerprint density at radius 3 is 2.67 bits per heavy atom. The molecule has 1 atom stereocenters. The van der Waals surface area contributed by atoms with E-state index in [1.165, 1.54) is 0 Å². The number of ether oxygens (including phenoxy) is 1. The third kappa shape index (κ3) is 3.25. The third-order valence-electron chi connectivity index (χ3n) is 2.70. The van der Waals surface area contributed by atoms with Crippen LogP contribution in [-0.2, 0) is 6.61 Å². The maximum Gasteiger partial charge on any atom is 0.120 e. The molecule has 2 aromatic carbocycles. The lowest BCUT2D eigenvalue weighted by Crippen LogP contribution is -2.05. The standard InChI is InChI=1S/C15H17NO2/c1-11(16)13-5-3-7-15(9-13)18-10-12-4-2-6-14(17)8-12/h2-9,11,17H,10,16H2,1H3/t11-/m0/s1. The molecule has 0 saturated heterocycles. The van der Waals surface area contributed by atoms with Crippen LogP contribution >= 0.6 is 0 Å². The van der Waals surface area contributed by atoms with Gasteiger partial charge in [-0.1, -0.05) is 24.3 Å². The maximum absolute atomic E-state index is 9.36. The number of aromatic hydroxyl groups is 1. The molecule has 0 aromatic heterocycles. The Morgan fingerprint density at radius 2 is 1.94 bits per heavy atom. The Kier molecular flexibility index (Phi) is 3.85. The molecule has 0 radical (unpaired) electrons. The highest BCUT2D eigenvalue weighted by atomic mass is 16.5. The van der Waals surface area contributed by atoms with E-state index in [2.05, 4.69) is 0 Å². The third-order valence-corrected chi connectivity index (χ3v) is 2.70. The van der Waals surface area contributed by atoms with Gasteiger partial charge >= 0.3 is 0 Å². The molecule has 0 amide bonds. The number of nitrogens with two attached hydrogens (primary N) is 1. The lowest BCUT2D eigenvalue weighted by Gasteiger charge is -2.10. The average molecular weight is 243 g/mol. The van der Waals surface area contributed by atoms with Crippen molar-refractivity contribution in [2.75, 3.05) is 0 Å². The zero-order valence-electron chi connectivity index (χ0n) is 10.3. The van der Waals surface area contributed by atoms with E-state index < -0.39 is 0 Å². The van der Waals surface area contributed by atoms with Gasteiger partial charge in [0, 0.05) is 6.04 Å². The fourth-order valence-electron chi connectivity index (χ4n) is 1.70. The van der Waals surface area contributed by atoms with Gasteiger partial charge in [0.25, 0.3) is 0 Å². The molecule has 0 unspecified atom stereocenters. The minimum absolute atomic E-state index is 0.00526. The van der Waals surface area contributed by atoms with Crippen LogP contribution < -0.4 is 10.5 Å². The molecule has 0 fully saturated rings. The first-order chi connectivity index (χ1) is 8.65. The SMILES string of the molecule is C[C@H](N)c1cccc(OCc2cccc(O)c2)c1. The van der Waals surface area contributed by atoms with Crippen LogP contribution in [-0.4, -0.2) is 5.11 Å². The summed E-state index contributed by atoms with van der Waals surface area (Å²) in [6, 6.07) is 14.8. The van der Waals surface area contributed by atoms with Crippen molar-refractivity contribution < 1.29 is 9.84 Å². The highest BCUT2D eigenvalue weighted by Crippen LogP contribution is 2.19. The van der Waals surface area contributed by atoms with Gasteiger partial charge in [-0.05, 0) is 42.3 Å². The number of benzene rings is 2. The predicted molar refractivity (Wildman–Crippen MR) is 71.5 cm³/mol. The summed E-state index contributed by atoms with van der Waals surface area (Å²) in [6.45, 7) is 2.37. The largest absolute Gasteiger partial charge is 0.508 e. The number of hydrogen-bond donors (Lipinski definition) is 2. The molecule has 0 aliphatic carbocycles. The van der Waals surface area contributed by atoms with E-state index in [9.17, 15) is 5.11 Å². The monoisotopic (exact) mass is 243 g/mol. The molecular weight excluding hydrogens is 226 g/mol. The first-order valence-corrected chi connectivity index (χ1v) is 5.91. The topological polar surface area (TPSA) is 55.5 Å². The summed E-state index contributed by atoms with van der Waals surface area (Å²) < 4.78 is 5.67. The number of hydrogen-bond acceptors (Lipinski definition) is 3. The molecule has 94 valence electrons. The quantitative estimate of drug-likeness (QED) is 0.868. The molecule has 0 heterocycles. The van der Waals surface area contributed by atoms with E-state index in [4.69, 9.17) is 10.5 Å². The van der Waals surface area contributed by atoms with Crippen molar-refractivity contribution >= 4 is 0 Å². The van der Waals surface area contributed by atoms with Gasteiger partial charge in [0.05, 0.1) is 0 Å². The van der Waals surface area contributed by atoms with E-state index in [1.54, 1.807) is 18.2 Å². The fraction of sp³-hybridized carbons (Fsp3) is 0.200. The van der Waals surface area contributed by atoms with Crippen LogP contribution in [0.25, 0.3) is 0 Å². The van der Waals surface area contributed by atoms with Crippen LogP contribution in [0.5, 0.6) is 11.5 Å². The van der Waals surface area contributed by atoms with Crippen molar-refractivity contribution in [3.63, 3.8) is 0 Å². The summed E-state index contributed by atoms with van der Waals surface area (Å²) in [4.78, 5) is 0. The van der Waals surface area contributed by atoms with Gasteiger partial charge in [-0.25, -0.2) is 0 Å². The molecule has 2 aromatic rings. The Hall–Kier alpha value is -2.00. The lowest BCUT2D eigenvalue weighted by molar-refractivity contribution is 0.305. The first-order valence-electron chi connectivity index (χ1n) is 5.91. The van der Waals surface area contributed by atoms with Crippen LogP contribution in [0.4, 0.5) is 0 Å². The van der Waals surface area contributed by atoms with E-state index in [1.807, 2.05) is 37.3 Å². The van der Waals surface area contributed by atoms with Gasteiger partial charge in [0.15, 0.2) is 0 Å². The molecule has 0 bridgehead atoms.